The lowest BCUT2D eigenvalue weighted by Crippen LogP contribution is -2.84. The minimum Gasteiger partial charge on any atom is -0.737 e. The van der Waals surface area contributed by atoms with Gasteiger partial charge in [0.15, 0.2) is 0 Å². The van der Waals surface area contributed by atoms with Gasteiger partial charge in [0, 0.05) is 17.8 Å². The first-order chi connectivity index (χ1) is 8.26. The molecule has 0 atom stereocenters. The van der Waals surface area contributed by atoms with Gasteiger partial charge in [-0.2, -0.15) is 0 Å². The highest BCUT2D eigenvalue weighted by atomic mass is 16.6. The van der Waals surface area contributed by atoms with E-state index < -0.39 is 0 Å². The molecule has 6 N–H and O–H groups in total. The summed E-state index contributed by atoms with van der Waals surface area (Å²) in [7, 11) is 0. The molecular formula is C9H24N6O2. The van der Waals surface area contributed by atoms with Crippen LogP contribution in [-0.2, 0) is 0 Å². The van der Waals surface area contributed by atoms with Gasteiger partial charge in [-0.1, -0.05) is 0 Å². The van der Waals surface area contributed by atoms with Crippen molar-refractivity contribution in [2.24, 2.45) is 16.7 Å². The standard InChI is InChI=1S/C9H24N6O2/c10-4-1-6-12-7-3-9-14(8-2-5-11)15(17)13-16/h12,16H,1-11H2/b15-13-. The Hall–Kier alpha value is -1.12. The summed E-state index contributed by atoms with van der Waals surface area (Å²) in [4.78, 5) is 0.107. The second kappa shape index (κ2) is 11.4. The molecule has 0 aliphatic rings. The van der Waals surface area contributed by atoms with Gasteiger partial charge in [-0.3, -0.25) is 0 Å². The van der Waals surface area contributed by atoms with Crippen LogP contribution in [0.15, 0.2) is 5.28 Å². The predicted octanol–water partition coefficient (Wildman–Crippen LogP) is -1.69. The molecule has 0 amide bonds. The SMILES string of the molecule is NCCC[NH2+]CCCN(CCCN)/[N+]([O-])=N/[O-]. The number of quaternary nitrogens is 1. The zero-order valence-electron chi connectivity index (χ0n) is 10.3. The molecule has 0 rings (SSSR count). The highest BCUT2D eigenvalue weighted by Gasteiger charge is 2.10. The molecule has 8 heteroatoms. The van der Waals surface area contributed by atoms with Crippen LogP contribution in [0.2, 0.25) is 0 Å². The summed E-state index contributed by atoms with van der Waals surface area (Å²) in [6, 6.07) is 0. The minimum absolute atomic E-state index is 0.107. The lowest BCUT2D eigenvalue weighted by molar-refractivity contribution is -0.694. The average Bonchev–Trinajstić information content (AvgIpc) is 2.36. The molecule has 0 bridgehead atoms. The molecule has 0 saturated carbocycles. The van der Waals surface area contributed by atoms with Crippen molar-refractivity contribution in [2.45, 2.75) is 19.3 Å². The molecule has 17 heavy (non-hydrogen) atoms. The van der Waals surface area contributed by atoms with E-state index >= 15 is 0 Å². The quantitative estimate of drug-likeness (QED) is 0.174. The van der Waals surface area contributed by atoms with Gasteiger partial charge in [0.05, 0.1) is 26.2 Å². The maximum Gasteiger partial charge on any atom is 0.0821 e. The molecule has 0 radical (unpaired) electrons. The van der Waals surface area contributed by atoms with Crippen LogP contribution in [0.3, 0.4) is 0 Å². The van der Waals surface area contributed by atoms with E-state index in [1.54, 1.807) is 0 Å². The van der Waals surface area contributed by atoms with Crippen molar-refractivity contribution in [3.05, 3.63) is 10.4 Å². The number of nitrogens with zero attached hydrogens (tertiary/aromatic N) is 3. The van der Waals surface area contributed by atoms with Crippen LogP contribution in [0.4, 0.5) is 0 Å². The number of nitrogens with two attached hydrogens (primary N) is 3. The molecule has 0 unspecified atom stereocenters. The van der Waals surface area contributed by atoms with E-state index in [4.69, 9.17) is 11.5 Å². The Bertz CT molecular complexity index is 202. The van der Waals surface area contributed by atoms with E-state index in [1.807, 2.05) is 0 Å². The van der Waals surface area contributed by atoms with Gasteiger partial charge in [0.1, 0.15) is 0 Å². The zero-order chi connectivity index (χ0) is 12.9. The van der Waals surface area contributed by atoms with Gasteiger partial charge < -0.3 is 27.2 Å². The van der Waals surface area contributed by atoms with E-state index in [0.717, 1.165) is 25.9 Å². The lowest BCUT2D eigenvalue weighted by atomic mass is 10.3. The molecule has 102 valence electrons. The first kappa shape index (κ1) is 15.9. The highest BCUT2D eigenvalue weighted by Crippen LogP contribution is 1.94. The van der Waals surface area contributed by atoms with Gasteiger partial charge in [0.2, 0.25) is 0 Å². The average molecular weight is 248 g/mol. The van der Waals surface area contributed by atoms with Gasteiger partial charge in [-0.25, -0.2) is 0 Å². The number of rotatable bonds is 11. The van der Waals surface area contributed by atoms with Crippen LogP contribution in [0.5, 0.6) is 0 Å². The Morgan fingerprint density at radius 3 is 2.24 bits per heavy atom. The van der Waals surface area contributed by atoms with Crippen LogP contribution < -0.4 is 16.8 Å². The summed E-state index contributed by atoms with van der Waals surface area (Å²) in [6.45, 7) is 4.08. The normalized spacial score (nSPS) is 11.8. The van der Waals surface area contributed by atoms with Crippen molar-refractivity contribution in [3.63, 3.8) is 0 Å². The number of hydrogen-bond donors (Lipinski definition) is 3. The third-order valence-corrected chi connectivity index (χ3v) is 2.37. The van der Waals surface area contributed by atoms with E-state index in [2.05, 4.69) is 10.6 Å². The van der Waals surface area contributed by atoms with E-state index in [9.17, 15) is 10.4 Å². The van der Waals surface area contributed by atoms with Crippen molar-refractivity contribution in [1.82, 2.24) is 5.01 Å². The second-order valence-corrected chi connectivity index (χ2v) is 3.79. The van der Waals surface area contributed by atoms with Gasteiger partial charge in [0.25, 0.3) is 0 Å². The molecule has 0 aliphatic carbocycles. The van der Waals surface area contributed by atoms with Gasteiger partial charge in [-0.15, -0.1) is 5.01 Å². The summed E-state index contributed by atoms with van der Waals surface area (Å²) >= 11 is 0. The maximum atomic E-state index is 11.1. The molecule has 0 aromatic heterocycles. The minimum atomic E-state index is 0.107. The van der Waals surface area contributed by atoms with Crippen molar-refractivity contribution in [1.29, 1.82) is 0 Å². The van der Waals surface area contributed by atoms with Crippen LogP contribution in [0.1, 0.15) is 19.3 Å². The molecule has 0 aromatic carbocycles. The third kappa shape index (κ3) is 8.66. The van der Waals surface area contributed by atoms with Crippen molar-refractivity contribution in [3.8, 4) is 0 Å². The molecular weight excluding hydrogens is 224 g/mol. The highest BCUT2D eigenvalue weighted by molar-refractivity contribution is 4.47. The zero-order valence-corrected chi connectivity index (χ0v) is 10.3. The number of hydrazine groups is 1. The largest absolute Gasteiger partial charge is 0.737 e. The smallest absolute Gasteiger partial charge is 0.0821 e. The molecule has 8 nitrogen and oxygen atoms in total. The molecule has 0 heterocycles. The summed E-state index contributed by atoms with van der Waals surface area (Å²) in [5, 5.41) is 27.1. The summed E-state index contributed by atoms with van der Waals surface area (Å²) < 4.78 is 0. The predicted molar refractivity (Wildman–Crippen MR) is 64.6 cm³/mol. The van der Waals surface area contributed by atoms with Crippen molar-refractivity contribution >= 4 is 0 Å². The van der Waals surface area contributed by atoms with Crippen LogP contribution >= 0.6 is 0 Å². The molecule has 0 saturated heterocycles. The fourth-order valence-electron chi connectivity index (χ4n) is 1.43. The maximum absolute atomic E-state index is 11.1. The monoisotopic (exact) mass is 248 g/mol. The van der Waals surface area contributed by atoms with E-state index in [0.29, 0.717) is 32.6 Å². The molecule has 0 aromatic rings. The molecule has 0 spiro atoms. The fourth-order valence-corrected chi connectivity index (χ4v) is 1.43. The topological polar surface area (TPSA) is 133 Å². The Kier molecular flexibility index (Phi) is 10.6. The Balaban J connectivity index is 3.68. The number of hydrogen-bond acceptors (Lipinski definition) is 5. The molecule has 0 aliphatic heterocycles. The third-order valence-electron chi connectivity index (χ3n) is 2.37. The van der Waals surface area contributed by atoms with Crippen molar-refractivity contribution < 1.29 is 10.3 Å². The second-order valence-electron chi connectivity index (χ2n) is 3.79. The summed E-state index contributed by atoms with van der Waals surface area (Å²) in [5.74, 6) is 0. The van der Waals surface area contributed by atoms with Crippen LogP contribution in [0.25, 0.3) is 0 Å². The van der Waals surface area contributed by atoms with E-state index in [1.165, 1.54) is 5.01 Å². The summed E-state index contributed by atoms with van der Waals surface area (Å²) in [5.41, 5.74) is 10.7. The molecule has 0 fully saturated rings. The summed E-state index contributed by atoms with van der Waals surface area (Å²) in [6.07, 6.45) is 2.48. The van der Waals surface area contributed by atoms with Crippen LogP contribution in [-0.4, -0.2) is 49.2 Å². The van der Waals surface area contributed by atoms with Gasteiger partial charge >= 0.3 is 0 Å². The Morgan fingerprint density at radius 1 is 1.06 bits per heavy atom. The van der Waals surface area contributed by atoms with E-state index in [-0.39, 0.29) is 4.97 Å². The van der Waals surface area contributed by atoms with Crippen LogP contribution in [0, 0.1) is 10.4 Å². The Morgan fingerprint density at radius 2 is 1.65 bits per heavy atom. The Labute approximate surface area is 102 Å². The van der Waals surface area contributed by atoms with Crippen molar-refractivity contribution in [2.75, 3.05) is 39.3 Å². The first-order valence-electron chi connectivity index (χ1n) is 6.03. The lowest BCUT2D eigenvalue weighted by Gasteiger charge is -2.18. The first-order valence-corrected chi connectivity index (χ1v) is 6.03. The fraction of sp³-hybridized carbons (Fsp3) is 1.00. The van der Waals surface area contributed by atoms with Gasteiger partial charge in [-0.05, 0) is 24.8 Å².